The third-order valence-corrected chi connectivity index (χ3v) is 4.99. The normalized spacial score (nSPS) is 17.0. The first kappa shape index (κ1) is 14.4. The van der Waals surface area contributed by atoms with Crippen molar-refractivity contribution in [2.75, 3.05) is 19.6 Å². The molecule has 1 saturated heterocycles. The van der Waals surface area contributed by atoms with E-state index in [0.717, 1.165) is 13.1 Å². The van der Waals surface area contributed by atoms with Gasteiger partial charge in [0.05, 0.1) is 17.9 Å². The van der Waals surface area contributed by atoms with Gasteiger partial charge < -0.3 is 9.73 Å². The minimum absolute atomic E-state index is 0.0537. The molecule has 0 bridgehead atoms. The van der Waals surface area contributed by atoms with Gasteiger partial charge in [-0.3, -0.25) is 9.69 Å². The second kappa shape index (κ2) is 6.45. The summed E-state index contributed by atoms with van der Waals surface area (Å²) in [6.07, 6.45) is 4.05. The molecule has 1 fully saturated rings. The first-order chi connectivity index (χ1) is 10.3. The monoisotopic (exact) mass is 304 g/mol. The number of amides is 1. The number of hydrogen-bond acceptors (Lipinski definition) is 4. The lowest BCUT2D eigenvalue weighted by molar-refractivity contribution is 0.0937. The van der Waals surface area contributed by atoms with E-state index < -0.39 is 0 Å². The lowest BCUT2D eigenvalue weighted by atomic mass is 10.2. The van der Waals surface area contributed by atoms with Gasteiger partial charge in [0, 0.05) is 11.4 Å². The molecule has 1 N–H and O–H groups in total. The zero-order valence-corrected chi connectivity index (χ0v) is 13.0. The van der Waals surface area contributed by atoms with Crippen LogP contribution < -0.4 is 5.32 Å². The quantitative estimate of drug-likeness (QED) is 0.922. The molecule has 3 rings (SSSR count). The fraction of sp³-hybridized carbons (Fsp3) is 0.438. The predicted octanol–water partition coefficient (Wildman–Crippen LogP) is 3.22. The number of furan rings is 1. The molecule has 3 heterocycles. The van der Waals surface area contributed by atoms with Gasteiger partial charge in [-0.1, -0.05) is 6.07 Å². The highest BCUT2D eigenvalue weighted by atomic mass is 32.1. The maximum atomic E-state index is 12.2. The molecule has 0 aromatic carbocycles. The summed E-state index contributed by atoms with van der Waals surface area (Å²) in [5.74, 6) is 0.614. The number of likely N-dealkylation sites (tertiary alicyclic amines) is 1. The van der Waals surface area contributed by atoms with Crippen LogP contribution in [0.2, 0.25) is 0 Å². The van der Waals surface area contributed by atoms with Crippen LogP contribution in [-0.2, 0) is 0 Å². The van der Waals surface area contributed by atoms with Crippen LogP contribution in [0.15, 0.2) is 34.3 Å². The van der Waals surface area contributed by atoms with Gasteiger partial charge in [-0.2, -0.15) is 0 Å². The van der Waals surface area contributed by atoms with Crippen molar-refractivity contribution < 1.29 is 9.21 Å². The summed E-state index contributed by atoms with van der Waals surface area (Å²) >= 11 is 1.76. The Morgan fingerprint density at radius 2 is 2.24 bits per heavy atom. The van der Waals surface area contributed by atoms with Crippen molar-refractivity contribution in [1.82, 2.24) is 10.2 Å². The summed E-state index contributed by atoms with van der Waals surface area (Å²) in [5, 5.41) is 5.15. The predicted molar refractivity (Wildman–Crippen MR) is 83.6 cm³/mol. The SMILES string of the molecule is Cc1occc1C(=O)NCC(c1cccs1)N1CCCC1. The van der Waals surface area contributed by atoms with E-state index in [1.54, 1.807) is 23.7 Å². The molecule has 0 spiro atoms. The molecule has 112 valence electrons. The number of hydrogen-bond donors (Lipinski definition) is 1. The van der Waals surface area contributed by atoms with Crippen LogP contribution in [0.3, 0.4) is 0 Å². The fourth-order valence-corrected chi connectivity index (χ4v) is 3.71. The number of thiophene rings is 1. The summed E-state index contributed by atoms with van der Waals surface area (Å²) in [4.78, 5) is 16.0. The van der Waals surface area contributed by atoms with Crippen molar-refractivity contribution in [3.63, 3.8) is 0 Å². The molecular weight excluding hydrogens is 284 g/mol. The maximum Gasteiger partial charge on any atom is 0.254 e. The summed E-state index contributed by atoms with van der Waals surface area (Å²) in [7, 11) is 0. The molecule has 0 radical (unpaired) electrons. The van der Waals surface area contributed by atoms with Crippen LogP contribution in [0.4, 0.5) is 0 Å². The van der Waals surface area contributed by atoms with Crippen LogP contribution in [0.1, 0.15) is 39.9 Å². The van der Waals surface area contributed by atoms with Crippen LogP contribution in [0.5, 0.6) is 0 Å². The second-order valence-corrected chi connectivity index (χ2v) is 6.35. The Kier molecular flexibility index (Phi) is 4.41. The summed E-state index contributed by atoms with van der Waals surface area (Å²) in [6, 6.07) is 6.23. The first-order valence-electron chi connectivity index (χ1n) is 7.35. The van der Waals surface area contributed by atoms with Crippen LogP contribution >= 0.6 is 11.3 Å². The molecule has 1 aliphatic rings. The smallest absolute Gasteiger partial charge is 0.254 e. The minimum Gasteiger partial charge on any atom is -0.469 e. The molecule has 1 aliphatic heterocycles. The van der Waals surface area contributed by atoms with Crippen LogP contribution in [0, 0.1) is 6.92 Å². The molecule has 1 unspecified atom stereocenters. The van der Waals surface area contributed by atoms with Gasteiger partial charge in [0.2, 0.25) is 0 Å². The Bertz CT molecular complexity index is 585. The highest BCUT2D eigenvalue weighted by Crippen LogP contribution is 2.27. The third kappa shape index (κ3) is 3.19. The summed E-state index contributed by atoms with van der Waals surface area (Å²) in [6.45, 7) is 4.68. The second-order valence-electron chi connectivity index (χ2n) is 5.37. The molecule has 4 nitrogen and oxygen atoms in total. The number of rotatable bonds is 5. The standard InChI is InChI=1S/C16H20N2O2S/c1-12-13(6-9-20-12)16(19)17-11-14(15-5-4-10-21-15)18-7-2-3-8-18/h4-6,9-10,14H,2-3,7-8,11H2,1H3,(H,17,19). The molecule has 0 aliphatic carbocycles. The van der Waals surface area contributed by atoms with E-state index in [-0.39, 0.29) is 11.9 Å². The van der Waals surface area contributed by atoms with Crippen LogP contribution in [-0.4, -0.2) is 30.4 Å². The number of nitrogens with one attached hydrogen (secondary N) is 1. The van der Waals surface area contributed by atoms with E-state index in [2.05, 4.69) is 27.7 Å². The van der Waals surface area contributed by atoms with Crippen LogP contribution in [0.25, 0.3) is 0 Å². The maximum absolute atomic E-state index is 12.2. The Morgan fingerprint density at radius 1 is 1.43 bits per heavy atom. The Balaban J connectivity index is 1.67. The van der Waals surface area contributed by atoms with Gasteiger partial charge in [-0.05, 0) is 50.4 Å². The van der Waals surface area contributed by atoms with Crippen molar-refractivity contribution >= 4 is 17.2 Å². The largest absolute Gasteiger partial charge is 0.469 e. The lowest BCUT2D eigenvalue weighted by Crippen LogP contribution is -2.36. The van der Waals surface area contributed by atoms with Crippen molar-refractivity contribution in [2.24, 2.45) is 0 Å². The lowest BCUT2D eigenvalue weighted by Gasteiger charge is -2.26. The zero-order valence-electron chi connectivity index (χ0n) is 12.2. The third-order valence-electron chi connectivity index (χ3n) is 4.01. The number of nitrogens with zero attached hydrogens (tertiary/aromatic N) is 1. The fourth-order valence-electron chi connectivity index (χ4n) is 2.85. The van der Waals surface area contributed by atoms with Gasteiger partial charge in [0.25, 0.3) is 5.91 Å². The Hall–Kier alpha value is -1.59. The van der Waals surface area contributed by atoms with Crippen molar-refractivity contribution in [3.05, 3.63) is 46.0 Å². The van der Waals surface area contributed by atoms with Gasteiger partial charge in [-0.15, -0.1) is 11.3 Å². The average molecular weight is 304 g/mol. The molecule has 2 aromatic heterocycles. The van der Waals surface area contributed by atoms with E-state index >= 15 is 0 Å². The van der Waals surface area contributed by atoms with E-state index in [4.69, 9.17) is 4.42 Å². The molecule has 1 amide bonds. The summed E-state index contributed by atoms with van der Waals surface area (Å²) in [5.41, 5.74) is 0.626. The molecule has 5 heteroatoms. The molecule has 1 atom stereocenters. The van der Waals surface area contributed by atoms with Crippen molar-refractivity contribution in [1.29, 1.82) is 0 Å². The molecule has 0 saturated carbocycles. The molecular formula is C16H20N2O2S. The average Bonchev–Trinajstić information content (AvgIpc) is 3.21. The zero-order chi connectivity index (χ0) is 14.7. The van der Waals surface area contributed by atoms with E-state index in [9.17, 15) is 4.79 Å². The number of carbonyl (C=O) groups is 1. The first-order valence-corrected chi connectivity index (χ1v) is 8.23. The molecule has 2 aromatic rings. The number of carbonyl (C=O) groups excluding carboxylic acids is 1. The highest BCUT2D eigenvalue weighted by Gasteiger charge is 2.25. The van der Waals surface area contributed by atoms with Gasteiger partial charge >= 0.3 is 0 Å². The van der Waals surface area contributed by atoms with Gasteiger partial charge in [-0.25, -0.2) is 0 Å². The van der Waals surface area contributed by atoms with Crippen molar-refractivity contribution in [3.8, 4) is 0 Å². The molecule has 21 heavy (non-hydrogen) atoms. The van der Waals surface area contributed by atoms with E-state index in [0.29, 0.717) is 17.9 Å². The van der Waals surface area contributed by atoms with Crippen molar-refractivity contribution in [2.45, 2.75) is 25.8 Å². The Labute approximate surface area is 128 Å². The number of aryl methyl sites for hydroxylation is 1. The Morgan fingerprint density at radius 3 is 2.86 bits per heavy atom. The topological polar surface area (TPSA) is 45.5 Å². The van der Waals surface area contributed by atoms with Gasteiger partial charge in [0.1, 0.15) is 5.76 Å². The highest BCUT2D eigenvalue weighted by molar-refractivity contribution is 7.10. The van der Waals surface area contributed by atoms with E-state index in [1.165, 1.54) is 17.7 Å². The summed E-state index contributed by atoms with van der Waals surface area (Å²) < 4.78 is 5.20. The minimum atomic E-state index is -0.0537. The van der Waals surface area contributed by atoms with E-state index in [1.807, 2.05) is 6.92 Å². The van der Waals surface area contributed by atoms with Gasteiger partial charge in [0.15, 0.2) is 0 Å².